The van der Waals surface area contributed by atoms with Crippen LogP contribution in [0.3, 0.4) is 0 Å². The third-order valence-electron chi connectivity index (χ3n) is 4.79. The van der Waals surface area contributed by atoms with Gasteiger partial charge in [-0.3, -0.25) is 19.3 Å². The maximum Gasteiger partial charge on any atom is 0.233 e. The minimum Gasteiger partial charge on any atom is -0.299 e. The molecule has 1 heterocycles. The van der Waals surface area contributed by atoms with Gasteiger partial charge in [-0.2, -0.15) is 0 Å². The van der Waals surface area contributed by atoms with Gasteiger partial charge in [0.15, 0.2) is 0 Å². The van der Waals surface area contributed by atoms with Gasteiger partial charge in [-0.1, -0.05) is 48.5 Å². The van der Waals surface area contributed by atoms with Gasteiger partial charge in [0, 0.05) is 23.3 Å². The van der Waals surface area contributed by atoms with Crippen LogP contribution in [0.5, 0.6) is 0 Å². The fourth-order valence-corrected chi connectivity index (χ4v) is 3.62. The van der Waals surface area contributed by atoms with Crippen LogP contribution in [0.1, 0.15) is 75.2 Å². The highest BCUT2D eigenvalue weighted by atomic mass is 16.2. The first-order valence-electron chi connectivity index (χ1n) is 8.50. The van der Waals surface area contributed by atoms with Gasteiger partial charge in [0.05, 0.1) is 5.92 Å². The van der Waals surface area contributed by atoms with E-state index >= 15 is 0 Å². The molecule has 4 heteroatoms. The van der Waals surface area contributed by atoms with Crippen LogP contribution < -0.4 is 0 Å². The van der Waals surface area contributed by atoms with Gasteiger partial charge in [0.1, 0.15) is 5.78 Å². The predicted octanol–water partition coefficient (Wildman–Crippen LogP) is 3.83. The molecule has 23 heavy (non-hydrogen) atoms. The first-order valence-corrected chi connectivity index (χ1v) is 8.50. The molecule has 0 bridgehead atoms. The largest absolute Gasteiger partial charge is 0.299 e. The summed E-state index contributed by atoms with van der Waals surface area (Å²) in [4.78, 5) is 39.1. The van der Waals surface area contributed by atoms with Gasteiger partial charge in [0.25, 0.3) is 0 Å². The number of ketones is 1. The zero-order chi connectivity index (χ0) is 18.4. The number of hydrogen-bond acceptors (Lipinski definition) is 3. The van der Waals surface area contributed by atoms with E-state index in [2.05, 4.69) is 0 Å². The van der Waals surface area contributed by atoms with Crippen molar-refractivity contribution in [1.82, 2.24) is 4.90 Å². The minimum absolute atomic E-state index is 0.0945. The highest BCUT2D eigenvalue weighted by molar-refractivity contribution is 6.04. The fraction of sp³-hybridized carbons (Fsp3) is 0.842. The number of amides is 2. The van der Waals surface area contributed by atoms with Crippen molar-refractivity contribution < 1.29 is 14.4 Å². The van der Waals surface area contributed by atoms with Gasteiger partial charge >= 0.3 is 0 Å². The summed E-state index contributed by atoms with van der Waals surface area (Å²) < 4.78 is 0. The third-order valence-corrected chi connectivity index (χ3v) is 4.79. The van der Waals surface area contributed by atoms with E-state index < -0.39 is 11.0 Å². The molecule has 0 aromatic rings. The number of likely N-dealkylation sites (tertiary alicyclic amines) is 1. The lowest BCUT2D eigenvalue weighted by atomic mass is 9.78. The Balaban J connectivity index is 2.98. The summed E-state index contributed by atoms with van der Waals surface area (Å²) in [6, 6.07) is 0. The van der Waals surface area contributed by atoms with Crippen LogP contribution in [0.25, 0.3) is 0 Å². The molecule has 2 unspecified atom stereocenters. The third kappa shape index (κ3) is 4.21. The Bertz CT molecular complexity index is 506. The van der Waals surface area contributed by atoms with Gasteiger partial charge < -0.3 is 0 Å². The summed E-state index contributed by atoms with van der Waals surface area (Å²) in [5.74, 6) is -0.516. The molecule has 1 fully saturated rings. The molecule has 1 rings (SSSR count). The molecule has 1 saturated heterocycles. The van der Waals surface area contributed by atoms with E-state index in [1.807, 2.05) is 62.3 Å². The van der Waals surface area contributed by atoms with Crippen LogP contribution >= 0.6 is 0 Å². The lowest BCUT2D eigenvalue weighted by Gasteiger charge is -2.37. The topological polar surface area (TPSA) is 54.5 Å². The Morgan fingerprint density at radius 2 is 1.57 bits per heavy atom. The highest BCUT2D eigenvalue weighted by Crippen LogP contribution is 2.40. The van der Waals surface area contributed by atoms with Crippen molar-refractivity contribution in [1.29, 1.82) is 0 Å². The van der Waals surface area contributed by atoms with Gasteiger partial charge in [0.2, 0.25) is 11.8 Å². The first-order chi connectivity index (χ1) is 10.1. The summed E-state index contributed by atoms with van der Waals surface area (Å²) in [6.45, 7) is 17.4. The van der Waals surface area contributed by atoms with E-state index in [1.165, 1.54) is 4.90 Å². The van der Waals surface area contributed by atoms with Crippen molar-refractivity contribution in [2.24, 2.45) is 22.7 Å². The van der Waals surface area contributed by atoms with E-state index in [9.17, 15) is 14.4 Å². The molecular weight excluding hydrogens is 290 g/mol. The highest BCUT2D eigenvalue weighted by Gasteiger charge is 2.50. The van der Waals surface area contributed by atoms with Crippen LogP contribution in [0.15, 0.2) is 0 Å². The number of nitrogens with zero attached hydrogens (tertiary/aromatic N) is 1. The van der Waals surface area contributed by atoms with Gasteiger partial charge in [-0.05, 0) is 25.7 Å². The number of rotatable bonds is 4. The molecule has 2 atom stereocenters. The zero-order valence-electron chi connectivity index (χ0n) is 16.2. The molecule has 4 nitrogen and oxygen atoms in total. The maximum atomic E-state index is 12.8. The molecule has 1 aliphatic rings. The minimum atomic E-state index is -0.644. The Kier molecular flexibility index (Phi) is 5.20. The first kappa shape index (κ1) is 19.9. The second-order valence-electron chi connectivity index (χ2n) is 9.72. The monoisotopic (exact) mass is 323 g/mol. The predicted molar refractivity (Wildman–Crippen MR) is 91.7 cm³/mol. The number of hydrogen-bond donors (Lipinski definition) is 0. The Morgan fingerprint density at radius 1 is 1.09 bits per heavy atom. The van der Waals surface area contributed by atoms with Crippen molar-refractivity contribution >= 4 is 17.6 Å². The van der Waals surface area contributed by atoms with E-state index in [4.69, 9.17) is 0 Å². The molecule has 0 N–H and O–H groups in total. The number of carbonyl (C=O) groups is 3. The van der Waals surface area contributed by atoms with Crippen LogP contribution in [0, 0.1) is 22.7 Å². The summed E-state index contributed by atoms with van der Waals surface area (Å²) in [6.07, 6.45) is 0.769. The lowest BCUT2D eigenvalue weighted by Crippen LogP contribution is -2.50. The number of carbonyl (C=O) groups excluding carboxylic acids is 3. The van der Waals surface area contributed by atoms with Crippen molar-refractivity contribution in [2.45, 2.75) is 80.7 Å². The summed E-state index contributed by atoms with van der Waals surface area (Å²) in [5, 5.41) is 0. The van der Waals surface area contributed by atoms with Crippen molar-refractivity contribution in [3.8, 4) is 0 Å². The average molecular weight is 323 g/mol. The summed E-state index contributed by atoms with van der Waals surface area (Å²) >= 11 is 0. The molecule has 0 radical (unpaired) electrons. The maximum absolute atomic E-state index is 12.8. The van der Waals surface area contributed by atoms with Crippen molar-refractivity contribution in [2.75, 3.05) is 0 Å². The average Bonchev–Trinajstić information content (AvgIpc) is 2.62. The summed E-state index contributed by atoms with van der Waals surface area (Å²) in [7, 11) is 0. The molecule has 1 aliphatic heterocycles. The normalized spacial score (nSPS) is 21.8. The molecule has 0 spiro atoms. The molecular formula is C19H33NO3. The van der Waals surface area contributed by atoms with E-state index in [-0.39, 0.29) is 41.3 Å². The second kappa shape index (κ2) is 6.03. The number of imide groups is 1. The number of Topliss-reactive ketones (excluding diaryl/α,β-unsaturated/α-hetero) is 1. The standard InChI is InChI=1S/C19H33NO3/c1-12(15(22)18(5,6)7)11-19(8,9)20-14(21)10-13(16(20)23)17(2,3)4/h12-13H,10-11H2,1-9H3. The molecule has 0 saturated carbocycles. The van der Waals surface area contributed by atoms with Crippen LogP contribution in [0.4, 0.5) is 0 Å². The van der Waals surface area contributed by atoms with Crippen LogP contribution in [-0.2, 0) is 14.4 Å². The second-order valence-corrected chi connectivity index (χ2v) is 9.72. The van der Waals surface area contributed by atoms with E-state index in [1.54, 1.807) is 0 Å². The Morgan fingerprint density at radius 3 is 1.91 bits per heavy atom. The molecule has 0 aromatic carbocycles. The lowest BCUT2D eigenvalue weighted by molar-refractivity contribution is -0.148. The SMILES string of the molecule is CC(CC(C)(C)N1C(=O)CC(C(C)(C)C)C1=O)C(=O)C(C)(C)C. The molecule has 132 valence electrons. The van der Waals surface area contributed by atoms with Gasteiger partial charge in [-0.15, -0.1) is 0 Å². The molecule has 0 aliphatic carbocycles. The Labute approximate surface area is 141 Å². The van der Waals surface area contributed by atoms with E-state index in [0.717, 1.165) is 0 Å². The van der Waals surface area contributed by atoms with Crippen LogP contribution in [-0.4, -0.2) is 28.0 Å². The Hall–Kier alpha value is -1.19. The zero-order valence-corrected chi connectivity index (χ0v) is 16.2. The summed E-state index contributed by atoms with van der Waals surface area (Å²) in [5.41, 5.74) is -1.29. The van der Waals surface area contributed by atoms with Crippen molar-refractivity contribution in [3.05, 3.63) is 0 Å². The molecule has 0 aromatic heterocycles. The fourth-order valence-electron chi connectivity index (χ4n) is 3.62. The smallest absolute Gasteiger partial charge is 0.233 e. The van der Waals surface area contributed by atoms with E-state index in [0.29, 0.717) is 6.42 Å². The van der Waals surface area contributed by atoms with Crippen molar-refractivity contribution in [3.63, 3.8) is 0 Å². The molecule has 2 amide bonds. The quantitative estimate of drug-likeness (QED) is 0.739. The van der Waals surface area contributed by atoms with Gasteiger partial charge in [-0.25, -0.2) is 0 Å². The van der Waals surface area contributed by atoms with Crippen LogP contribution in [0.2, 0.25) is 0 Å².